The fourth-order valence-electron chi connectivity index (χ4n) is 3.10. The van der Waals surface area contributed by atoms with Gasteiger partial charge in [-0.15, -0.1) is 0 Å². The first-order valence-electron chi connectivity index (χ1n) is 9.53. The predicted molar refractivity (Wildman–Crippen MR) is 95.3 cm³/mol. The summed E-state index contributed by atoms with van der Waals surface area (Å²) in [5.41, 5.74) is 0. The third kappa shape index (κ3) is 7.30. The van der Waals surface area contributed by atoms with Crippen molar-refractivity contribution in [2.45, 2.75) is 39.2 Å². The van der Waals surface area contributed by atoms with E-state index >= 15 is 0 Å². The minimum atomic E-state index is -0.227. The first-order valence-corrected chi connectivity index (χ1v) is 9.53. The number of hydrogen-bond acceptors (Lipinski definition) is 5. The van der Waals surface area contributed by atoms with Crippen LogP contribution in [0.3, 0.4) is 0 Å². The zero-order chi connectivity index (χ0) is 18.1. The zero-order valence-electron chi connectivity index (χ0n) is 15.7. The van der Waals surface area contributed by atoms with Gasteiger partial charge in [-0.25, -0.2) is 0 Å². The molecular formula is C18H33N3O4. The van der Waals surface area contributed by atoms with E-state index in [1.165, 1.54) is 0 Å². The summed E-state index contributed by atoms with van der Waals surface area (Å²) in [6.45, 7) is 10.6. The monoisotopic (exact) mass is 355 g/mol. The molecule has 2 amide bonds. The lowest BCUT2D eigenvalue weighted by molar-refractivity contribution is -0.142. The highest BCUT2D eigenvalue weighted by Gasteiger charge is 2.30. The van der Waals surface area contributed by atoms with Gasteiger partial charge in [-0.1, -0.05) is 13.8 Å². The number of ether oxygens (including phenoxy) is 2. The molecule has 144 valence electrons. The smallest absolute Gasteiger partial charge is 0.251 e. The summed E-state index contributed by atoms with van der Waals surface area (Å²) in [5, 5.41) is 2.89. The molecule has 25 heavy (non-hydrogen) atoms. The summed E-state index contributed by atoms with van der Waals surface area (Å²) in [4.78, 5) is 28.3. The topological polar surface area (TPSA) is 71.1 Å². The maximum atomic E-state index is 12.3. The predicted octanol–water partition coefficient (Wildman–Crippen LogP) is 0.489. The van der Waals surface area contributed by atoms with E-state index in [0.29, 0.717) is 32.1 Å². The highest BCUT2D eigenvalue weighted by Crippen LogP contribution is 2.16. The van der Waals surface area contributed by atoms with E-state index in [9.17, 15) is 9.59 Å². The summed E-state index contributed by atoms with van der Waals surface area (Å²) in [6, 6.07) is 0. The van der Waals surface area contributed by atoms with Crippen molar-refractivity contribution < 1.29 is 19.1 Å². The molecule has 2 aliphatic heterocycles. The van der Waals surface area contributed by atoms with Gasteiger partial charge >= 0.3 is 0 Å². The Morgan fingerprint density at radius 1 is 1.24 bits per heavy atom. The number of nitrogens with zero attached hydrogens (tertiary/aromatic N) is 2. The molecule has 0 radical (unpaired) electrons. The van der Waals surface area contributed by atoms with E-state index in [-0.39, 0.29) is 17.9 Å². The van der Waals surface area contributed by atoms with Gasteiger partial charge in [-0.05, 0) is 18.8 Å². The van der Waals surface area contributed by atoms with Crippen molar-refractivity contribution in [2.24, 2.45) is 5.92 Å². The fraction of sp³-hybridized carbons (Fsp3) is 0.889. The van der Waals surface area contributed by atoms with Crippen molar-refractivity contribution in [3.63, 3.8) is 0 Å². The second-order valence-corrected chi connectivity index (χ2v) is 7.24. The molecule has 0 aliphatic carbocycles. The lowest BCUT2D eigenvalue weighted by Gasteiger charge is -2.35. The maximum absolute atomic E-state index is 12.3. The van der Waals surface area contributed by atoms with Crippen molar-refractivity contribution in [3.05, 3.63) is 0 Å². The van der Waals surface area contributed by atoms with E-state index in [0.717, 1.165) is 52.2 Å². The summed E-state index contributed by atoms with van der Waals surface area (Å²) in [5.74, 6) is 0.712. The second kappa shape index (κ2) is 10.7. The largest absolute Gasteiger partial charge is 0.379 e. The van der Waals surface area contributed by atoms with Crippen LogP contribution in [-0.4, -0.2) is 86.8 Å². The molecule has 1 N–H and O–H groups in total. The fourth-order valence-corrected chi connectivity index (χ4v) is 3.10. The molecule has 2 rings (SSSR count). The number of carbonyl (C=O) groups is 2. The Morgan fingerprint density at radius 3 is 2.64 bits per heavy atom. The van der Waals surface area contributed by atoms with Gasteiger partial charge in [0, 0.05) is 58.9 Å². The van der Waals surface area contributed by atoms with E-state index in [2.05, 4.69) is 24.1 Å². The quantitative estimate of drug-likeness (QED) is 0.610. The van der Waals surface area contributed by atoms with Crippen LogP contribution in [0.25, 0.3) is 0 Å². The molecule has 1 atom stereocenters. The van der Waals surface area contributed by atoms with Crippen LogP contribution in [0.1, 0.15) is 33.1 Å². The summed E-state index contributed by atoms with van der Waals surface area (Å²) in [7, 11) is 0. The molecule has 0 saturated carbocycles. The molecule has 0 aromatic rings. The van der Waals surface area contributed by atoms with Gasteiger partial charge in [0.05, 0.1) is 6.61 Å². The number of rotatable bonds is 9. The van der Waals surface area contributed by atoms with Gasteiger partial charge < -0.3 is 19.7 Å². The van der Waals surface area contributed by atoms with Crippen LogP contribution in [0, 0.1) is 5.92 Å². The molecule has 2 saturated heterocycles. The molecule has 0 aromatic heterocycles. The van der Waals surface area contributed by atoms with E-state index < -0.39 is 0 Å². The molecule has 7 nitrogen and oxygen atoms in total. The van der Waals surface area contributed by atoms with Crippen LogP contribution in [0.5, 0.6) is 0 Å². The maximum Gasteiger partial charge on any atom is 0.251 e. The zero-order valence-corrected chi connectivity index (χ0v) is 15.7. The first-order chi connectivity index (χ1) is 12.1. The van der Waals surface area contributed by atoms with E-state index in [4.69, 9.17) is 9.47 Å². The Morgan fingerprint density at radius 2 is 2.00 bits per heavy atom. The third-order valence-electron chi connectivity index (χ3n) is 4.56. The third-order valence-corrected chi connectivity index (χ3v) is 4.56. The number of amides is 2. The van der Waals surface area contributed by atoms with Gasteiger partial charge in [-0.2, -0.15) is 0 Å². The van der Waals surface area contributed by atoms with Crippen LogP contribution in [-0.2, 0) is 19.1 Å². The minimum Gasteiger partial charge on any atom is -0.379 e. The molecule has 7 heteroatoms. The van der Waals surface area contributed by atoms with Gasteiger partial charge in [0.15, 0.2) is 0 Å². The highest BCUT2D eigenvalue weighted by atomic mass is 16.5. The highest BCUT2D eigenvalue weighted by molar-refractivity contribution is 5.81. The van der Waals surface area contributed by atoms with Crippen molar-refractivity contribution >= 4 is 11.8 Å². The van der Waals surface area contributed by atoms with Crippen LogP contribution in [0.4, 0.5) is 0 Å². The Labute approximate surface area is 151 Å². The van der Waals surface area contributed by atoms with E-state index in [1.807, 2.05) is 4.90 Å². The number of piperazine rings is 1. The summed E-state index contributed by atoms with van der Waals surface area (Å²) in [6.07, 6.45) is 2.09. The number of nitrogens with one attached hydrogen (secondary N) is 1. The normalized spacial score (nSPS) is 21.7. The molecular weight excluding hydrogens is 322 g/mol. The van der Waals surface area contributed by atoms with Crippen molar-refractivity contribution in [2.75, 3.05) is 59.1 Å². The average molecular weight is 355 g/mol. The Hall–Kier alpha value is -1.18. The summed E-state index contributed by atoms with van der Waals surface area (Å²) < 4.78 is 10.9. The van der Waals surface area contributed by atoms with Crippen molar-refractivity contribution in [3.8, 4) is 0 Å². The van der Waals surface area contributed by atoms with Crippen LogP contribution in [0.2, 0.25) is 0 Å². The lowest BCUT2D eigenvalue weighted by atomic mass is 10.2. The standard InChI is InChI=1S/C18H33N3O4/c1-15(2)14-24-13-6-19-17(22)5-7-20-8-10-21(11-9-20)18(23)16-4-3-12-25-16/h15-16H,3-14H2,1-2H3,(H,19,22)/t16-/m1/s1. The molecule has 0 bridgehead atoms. The minimum absolute atomic E-state index is 0.0611. The molecule has 0 aromatic carbocycles. The summed E-state index contributed by atoms with van der Waals surface area (Å²) >= 11 is 0. The number of carbonyl (C=O) groups excluding carboxylic acids is 2. The second-order valence-electron chi connectivity index (χ2n) is 7.24. The van der Waals surface area contributed by atoms with Gasteiger partial charge in [0.25, 0.3) is 5.91 Å². The molecule has 0 spiro atoms. The number of hydrogen-bond donors (Lipinski definition) is 1. The molecule has 2 heterocycles. The first kappa shape index (κ1) is 20.1. The van der Waals surface area contributed by atoms with Crippen molar-refractivity contribution in [1.82, 2.24) is 15.1 Å². The molecule has 2 fully saturated rings. The van der Waals surface area contributed by atoms with Crippen LogP contribution >= 0.6 is 0 Å². The van der Waals surface area contributed by atoms with Gasteiger partial charge in [0.1, 0.15) is 6.10 Å². The van der Waals surface area contributed by atoms with Crippen LogP contribution in [0.15, 0.2) is 0 Å². The molecule has 0 unspecified atom stereocenters. The Bertz CT molecular complexity index is 417. The van der Waals surface area contributed by atoms with Crippen LogP contribution < -0.4 is 5.32 Å². The van der Waals surface area contributed by atoms with Crippen molar-refractivity contribution in [1.29, 1.82) is 0 Å². The lowest BCUT2D eigenvalue weighted by Crippen LogP contribution is -2.51. The van der Waals surface area contributed by atoms with Gasteiger partial charge in [-0.3, -0.25) is 14.5 Å². The average Bonchev–Trinajstić information content (AvgIpc) is 3.14. The Balaban J connectivity index is 1.53. The Kier molecular flexibility index (Phi) is 8.64. The van der Waals surface area contributed by atoms with Gasteiger partial charge in [0.2, 0.25) is 5.91 Å². The SMILES string of the molecule is CC(C)COCCNC(=O)CCN1CCN(C(=O)[C@H]2CCCO2)CC1. The van der Waals surface area contributed by atoms with E-state index in [1.54, 1.807) is 0 Å². The molecule has 2 aliphatic rings.